The van der Waals surface area contributed by atoms with Gasteiger partial charge in [-0.05, 0) is 12.1 Å². The molecule has 0 spiro atoms. The summed E-state index contributed by atoms with van der Waals surface area (Å²) >= 11 is 0. The van der Waals surface area contributed by atoms with Crippen LogP contribution in [0, 0.1) is 0 Å². The number of fused-ring (bicyclic) bond motifs is 1. The Morgan fingerprint density at radius 1 is 0.947 bits per heavy atom. The van der Waals surface area contributed by atoms with Gasteiger partial charge >= 0.3 is 0 Å². The average molecular weight is 258 g/mol. The van der Waals surface area contributed by atoms with Gasteiger partial charge in [-0.25, -0.2) is 9.97 Å². The Hall–Kier alpha value is -1.72. The van der Waals surface area contributed by atoms with Gasteiger partial charge in [0.2, 0.25) is 5.95 Å². The fourth-order valence-electron chi connectivity index (χ4n) is 2.41. The van der Waals surface area contributed by atoms with Crippen LogP contribution >= 0.6 is 0 Å². The Bertz CT molecular complexity index is 480. The second-order valence-electron chi connectivity index (χ2n) is 4.76. The minimum Gasteiger partial charge on any atom is -0.395 e. The Balaban J connectivity index is 1.74. The van der Waals surface area contributed by atoms with Crippen molar-refractivity contribution in [3.63, 3.8) is 0 Å². The van der Waals surface area contributed by atoms with Crippen LogP contribution in [-0.4, -0.2) is 59.3 Å². The molecular weight excluding hydrogens is 240 g/mol. The van der Waals surface area contributed by atoms with Crippen molar-refractivity contribution in [3.05, 3.63) is 30.3 Å². The second-order valence-corrected chi connectivity index (χ2v) is 4.76. The maximum Gasteiger partial charge on any atom is 0.226 e. The number of hydrogen-bond donors (Lipinski definition) is 1. The monoisotopic (exact) mass is 258 g/mol. The highest BCUT2D eigenvalue weighted by Gasteiger charge is 2.20. The van der Waals surface area contributed by atoms with E-state index in [2.05, 4.69) is 19.8 Å². The first-order chi connectivity index (χ1) is 9.36. The number of rotatable bonds is 3. The molecule has 19 heavy (non-hydrogen) atoms. The predicted octanol–water partition coefficient (Wildman–Crippen LogP) is 0.696. The lowest BCUT2D eigenvalue weighted by Crippen LogP contribution is -2.47. The first-order valence-electron chi connectivity index (χ1n) is 6.68. The van der Waals surface area contributed by atoms with Crippen molar-refractivity contribution in [1.29, 1.82) is 0 Å². The zero-order chi connectivity index (χ0) is 13.1. The van der Waals surface area contributed by atoms with Crippen LogP contribution in [0.3, 0.4) is 0 Å². The van der Waals surface area contributed by atoms with E-state index in [1.165, 1.54) is 0 Å². The van der Waals surface area contributed by atoms with E-state index in [0.717, 1.165) is 50.1 Å². The summed E-state index contributed by atoms with van der Waals surface area (Å²) in [5, 5.41) is 8.94. The van der Waals surface area contributed by atoms with Crippen LogP contribution < -0.4 is 4.90 Å². The minimum atomic E-state index is 0.229. The largest absolute Gasteiger partial charge is 0.395 e. The summed E-state index contributed by atoms with van der Waals surface area (Å²) in [6.07, 6.45) is 0. The maximum absolute atomic E-state index is 8.94. The van der Waals surface area contributed by atoms with Gasteiger partial charge in [0.25, 0.3) is 0 Å². The van der Waals surface area contributed by atoms with Gasteiger partial charge in [0.1, 0.15) is 0 Å². The fraction of sp³-hybridized carbons (Fsp3) is 0.429. The van der Waals surface area contributed by atoms with Gasteiger partial charge in [-0.2, -0.15) is 0 Å². The number of anilines is 1. The summed E-state index contributed by atoms with van der Waals surface area (Å²) in [5.41, 5.74) is 1.88. The van der Waals surface area contributed by atoms with Crippen LogP contribution in [0.2, 0.25) is 0 Å². The number of hydrogen-bond acceptors (Lipinski definition) is 5. The molecule has 5 nitrogen and oxygen atoms in total. The Kier molecular flexibility index (Phi) is 3.57. The van der Waals surface area contributed by atoms with Crippen molar-refractivity contribution in [1.82, 2.24) is 14.9 Å². The summed E-state index contributed by atoms with van der Waals surface area (Å²) in [4.78, 5) is 13.7. The molecule has 0 amide bonds. The number of β-amino-alcohol motifs (C(OH)–C–C–N with tert-alkyl or cyclic N) is 1. The molecule has 100 valence electrons. The van der Waals surface area contributed by atoms with Gasteiger partial charge in [-0.3, -0.25) is 4.90 Å². The van der Waals surface area contributed by atoms with Gasteiger partial charge in [0, 0.05) is 32.7 Å². The Morgan fingerprint density at radius 2 is 1.58 bits per heavy atom. The molecule has 2 heterocycles. The number of aromatic nitrogens is 2. The van der Waals surface area contributed by atoms with E-state index >= 15 is 0 Å². The highest BCUT2D eigenvalue weighted by atomic mass is 16.3. The number of imidazole rings is 1. The van der Waals surface area contributed by atoms with Crippen molar-refractivity contribution in [2.45, 2.75) is 0 Å². The van der Waals surface area contributed by atoms with Crippen molar-refractivity contribution in [2.24, 2.45) is 0 Å². The minimum absolute atomic E-state index is 0.229. The van der Waals surface area contributed by atoms with Crippen LogP contribution in [0.25, 0.3) is 11.4 Å². The first-order valence-corrected chi connectivity index (χ1v) is 6.68. The predicted molar refractivity (Wildman–Crippen MR) is 74.4 cm³/mol. The van der Waals surface area contributed by atoms with Crippen LogP contribution in [0.4, 0.5) is 5.95 Å². The third-order valence-corrected chi connectivity index (χ3v) is 3.51. The highest BCUT2D eigenvalue weighted by molar-refractivity contribution is 5.60. The number of piperazine rings is 1. The lowest BCUT2D eigenvalue weighted by molar-refractivity contribution is 0.188. The topological polar surface area (TPSA) is 52.5 Å². The van der Waals surface area contributed by atoms with E-state index in [4.69, 9.17) is 5.11 Å². The number of aliphatic hydroxyl groups excluding tert-OH is 1. The quantitative estimate of drug-likeness (QED) is 0.878. The van der Waals surface area contributed by atoms with Crippen molar-refractivity contribution in [2.75, 3.05) is 44.2 Å². The molecule has 0 radical (unpaired) electrons. The summed E-state index contributed by atoms with van der Waals surface area (Å²) in [5.74, 6) is 0.824. The lowest BCUT2D eigenvalue weighted by atomic mass is 10.3. The molecule has 3 aliphatic rings. The van der Waals surface area contributed by atoms with E-state index in [1.807, 2.05) is 30.3 Å². The van der Waals surface area contributed by atoms with E-state index in [0.29, 0.717) is 0 Å². The van der Waals surface area contributed by atoms with Gasteiger partial charge in [-0.1, -0.05) is 18.2 Å². The van der Waals surface area contributed by atoms with Gasteiger partial charge in [0.05, 0.1) is 18.0 Å². The van der Waals surface area contributed by atoms with E-state index < -0.39 is 0 Å². The molecule has 0 aromatic carbocycles. The van der Waals surface area contributed by atoms with Crippen LogP contribution in [0.15, 0.2) is 30.3 Å². The van der Waals surface area contributed by atoms with E-state index in [1.54, 1.807) is 0 Å². The molecule has 1 fully saturated rings. The zero-order valence-electron chi connectivity index (χ0n) is 10.9. The second kappa shape index (κ2) is 5.50. The molecule has 1 N–H and O–H groups in total. The molecule has 0 atom stereocenters. The summed E-state index contributed by atoms with van der Waals surface area (Å²) in [6.45, 7) is 4.74. The van der Waals surface area contributed by atoms with Gasteiger partial charge in [0.15, 0.2) is 0 Å². The third kappa shape index (κ3) is 2.67. The standard InChI is InChI=1S/C14H18N4O/c19-11-10-17-6-8-18(9-7-17)14-15-12-4-2-1-3-5-13(12)16-14/h1-5,19H,6-11H2. The lowest BCUT2D eigenvalue weighted by Gasteiger charge is -2.33. The third-order valence-electron chi connectivity index (χ3n) is 3.51. The average Bonchev–Trinajstić information content (AvgIpc) is 2.71. The number of nitrogens with zero attached hydrogens (tertiary/aromatic N) is 4. The molecule has 0 aromatic rings. The first kappa shape index (κ1) is 12.3. The summed E-state index contributed by atoms with van der Waals surface area (Å²) in [6, 6.07) is 9.94. The fourth-order valence-corrected chi connectivity index (χ4v) is 2.41. The van der Waals surface area contributed by atoms with Crippen molar-refractivity contribution >= 4 is 5.95 Å². The molecule has 0 bridgehead atoms. The molecule has 1 aliphatic carbocycles. The maximum atomic E-state index is 8.94. The van der Waals surface area contributed by atoms with E-state index in [-0.39, 0.29) is 6.61 Å². The Labute approximate surface area is 112 Å². The van der Waals surface area contributed by atoms with Crippen molar-refractivity contribution < 1.29 is 5.11 Å². The zero-order valence-corrected chi connectivity index (χ0v) is 10.9. The SMILES string of the molecule is OCCN1CCN(c2nc3cccccc-3n2)CC1. The molecule has 3 rings (SSSR count). The smallest absolute Gasteiger partial charge is 0.226 e. The van der Waals surface area contributed by atoms with Crippen LogP contribution in [0.5, 0.6) is 0 Å². The molecular formula is C14H18N4O. The molecule has 2 aliphatic heterocycles. The normalized spacial score (nSPS) is 17.0. The molecule has 0 aromatic heterocycles. The molecule has 0 saturated carbocycles. The highest BCUT2D eigenvalue weighted by Crippen LogP contribution is 2.22. The van der Waals surface area contributed by atoms with Crippen LogP contribution in [-0.2, 0) is 0 Å². The summed E-state index contributed by atoms with van der Waals surface area (Å²) < 4.78 is 0. The molecule has 5 heteroatoms. The van der Waals surface area contributed by atoms with E-state index in [9.17, 15) is 0 Å². The Morgan fingerprint density at radius 3 is 2.16 bits per heavy atom. The number of aliphatic hydroxyl groups is 1. The van der Waals surface area contributed by atoms with Crippen molar-refractivity contribution in [3.8, 4) is 11.4 Å². The summed E-state index contributed by atoms with van der Waals surface area (Å²) in [7, 11) is 0. The van der Waals surface area contributed by atoms with Gasteiger partial charge in [-0.15, -0.1) is 0 Å². The molecule has 0 unspecified atom stereocenters. The van der Waals surface area contributed by atoms with Crippen LogP contribution in [0.1, 0.15) is 0 Å². The van der Waals surface area contributed by atoms with Gasteiger partial charge < -0.3 is 10.0 Å². The molecule has 1 saturated heterocycles.